The van der Waals surface area contributed by atoms with Crippen LogP contribution in [0.3, 0.4) is 0 Å². The third-order valence-corrected chi connectivity index (χ3v) is 5.76. The minimum atomic E-state index is -0.0222. The molecule has 3 aromatic carbocycles. The van der Waals surface area contributed by atoms with Crippen LogP contribution in [0, 0.1) is 6.92 Å². The van der Waals surface area contributed by atoms with Crippen molar-refractivity contribution in [3.05, 3.63) is 77.9 Å². The van der Waals surface area contributed by atoms with E-state index in [2.05, 4.69) is 10.2 Å². The molecule has 0 radical (unpaired) electrons. The monoisotopic (exact) mass is 401 g/mol. The summed E-state index contributed by atoms with van der Waals surface area (Å²) < 4.78 is 0. The van der Waals surface area contributed by atoms with Crippen LogP contribution in [0.5, 0.6) is 0 Å². The molecule has 1 heterocycles. The van der Waals surface area contributed by atoms with Gasteiger partial charge in [0.25, 0.3) is 0 Å². The number of benzene rings is 3. The van der Waals surface area contributed by atoms with E-state index in [1.54, 1.807) is 0 Å². The van der Waals surface area contributed by atoms with E-state index >= 15 is 0 Å². The lowest BCUT2D eigenvalue weighted by atomic mass is 10.1. The first-order valence-corrected chi connectivity index (χ1v) is 10.4. The molecule has 5 nitrogen and oxygen atoms in total. The fourth-order valence-electron chi connectivity index (χ4n) is 3.97. The van der Waals surface area contributed by atoms with E-state index in [9.17, 15) is 9.59 Å². The van der Waals surface area contributed by atoms with Gasteiger partial charge in [-0.15, -0.1) is 0 Å². The molecular weight excluding hydrogens is 374 g/mol. The molecule has 2 amide bonds. The van der Waals surface area contributed by atoms with E-state index in [1.165, 1.54) is 0 Å². The van der Waals surface area contributed by atoms with Gasteiger partial charge in [-0.1, -0.05) is 60.7 Å². The Hall–Kier alpha value is -3.18. The molecule has 1 saturated heterocycles. The number of carbonyl (C=O) groups is 2. The molecule has 0 bridgehead atoms. The van der Waals surface area contributed by atoms with Crippen LogP contribution in [-0.4, -0.2) is 54.3 Å². The van der Waals surface area contributed by atoms with Crippen LogP contribution in [0.15, 0.2) is 66.7 Å². The predicted molar refractivity (Wildman–Crippen MR) is 120 cm³/mol. The lowest BCUT2D eigenvalue weighted by Gasteiger charge is -2.34. The number of nitrogens with zero attached hydrogens (tertiary/aromatic N) is 2. The van der Waals surface area contributed by atoms with Crippen LogP contribution >= 0.6 is 0 Å². The Morgan fingerprint density at radius 1 is 0.867 bits per heavy atom. The number of hydrogen-bond donors (Lipinski definition) is 1. The van der Waals surface area contributed by atoms with E-state index in [0.29, 0.717) is 39.1 Å². The van der Waals surface area contributed by atoms with Crippen LogP contribution in [0.2, 0.25) is 0 Å². The molecule has 0 unspecified atom stereocenters. The van der Waals surface area contributed by atoms with Crippen molar-refractivity contribution in [3.8, 4) is 0 Å². The molecular formula is C25H27N3O2. The summed E-state index contributed by atoms with van der Waals surface area (Å²) in [6.07, 6.45) is 0.439. The summed E-state index contributed by atoms with van der Waals surface area (Å²) in [6, 6.07) is 22.0. The highest BCUT2D eigenvalue weighted by Crippen LogP contribution is 2.23. The van der Waals surface area contributed by atoms with Gasteiger partial charge in [-0.05, 0) is 29.5 Å². The van der Waals surface area contributed by atoms with Crippen molar-refractivity contribution in [1.82, 2.24) is 9.80 Å². The van der Waals surface area contributed by atoms with Crippen LogP contribution < -0.4 is 5.32 Å². The fourth-order valence-corrected chi connectivity index (χ4v) is 3.97. The van der Waals surface area contributed by atoms with E-state index in [4.69, 9.17) is 0 Å². The maximum atomic E-state index is 12.6. The van der Waals surface area contributed by atoms with Gasteiger partial charge in [-0.25, -0.2) is 0 Å². The summed E-state index contributed by atoms with van der Waals surface area (Å²) >= 11 is 0. The van der Waals surface area contributed by atoms with Crippen LogP contribution in [0.1, 0.15) is 11.1 Å². The number of aryl methyl sites for hydroxylation is 1. The lowest BCUT2D eigenvalue weighted by molar-refractivity contribution is -0.132. The molecule has 4 rings (SSSR count). The van der Waals surface area contributed by atoms with Gasteiger partial charge >= 0.3 is 0 Å². The van der Waals surface area contributed by atoms with Crippen molar-refractivity contribution in [2.75, 3.05) is 38.0 Å². The lowest BCUT2D eigenvalue weighted by Crippen LogP contribution is -2.50. The molecule has 30 heavy (non-hydrogen) atoms. The number of anilines is 1. The van der Waals surface area contributed by atoms with Crippen LogP contribution in [-0.2, 0) is 16.0 Å². The van der Waals surface area contributed by atoms with Crippen molar-refractivity contribution in [2.24, 2.45) is 0 Å². The van der Waals surface area contributed by atoms with Crippen LogP contribution in [0.25, 0.3) is 10.8 Å². The molecule has 1 N–H and O–H groups in total. The fraction of sp³-hybridized carbons (Fsp3) is 0.280. The highest BCUT2D eigenvalue weighted by molar-refractivity contribution is 6.02. The smallest absolute Gasteiger partial charge is 0.238 e. The third kappa shape index (κ3) is 4.69. The van der Waals surface area contributed by atoms with E-state index < -0.39 is 0 Å². The maximum Gasteiger partial charge on any atom is 0.238 e. The predicted octanol–water partition coefficient (Wildman–Crippen LogP) is 3.47. The second-order valence-corrected chi connectivity index (χ2v) is 7.84. The second kappa shape index (κ2) is 9.09. The van der Waals surface area contributed by atoms with Crippen molar-refractivity contribution >= 4 is 28.3 Å². The van der Waals surface area contributed by atoms with Crippen molar-refractivity contribution in [1.29, 1.82) is 0 Å². The Balaban J connectivity index is 1.29. The number of piperazine rings is 1. The number of amides is 2. The molecule has 3 aromatic rings. The first kappa shape index (κ1) is 20.1. The Kier molecular flexibility index (Phi) is 6.10. The maximum absolute atomic E-state index is 12.6. The Morgan fingerprint density at radius 2 is 1.57 bits per heavy atom. The number of carbonyl (C=O) groups excluding carboxylic acids is 2. The molecule has 5 heteroatoms. The summed E-state index contributed by atoms with van der Waals surface area (Å²) in [6.45, 7) is 5.11. The van der Waals surface area contributed by atoms with Crippen molar-refractivity contribution < 1.29 is 9.59 Å². The van der Waals surface area contributed by atoms with Crippen molar-refractivity contribution in [2.45, 2.75) is 13.3 Å². The topological polar surface area (TPSA) is 52.7 Å². The molecule has 154 valence electrons. The molecule has 0 atom stereocenters. The molecule has 1 fully saturated rings. The van der Waals surface area contributed by atoms with Gasteiger partial charge < -0.3 is 10.2 Å². The van der Waals surface area contributed by atoms with E-state index in [1.807, 2.05) is 78.6 Å². The normalized spacial score (nSPS) is 14.6. The summed E-state index contributed by atoms with van der Waals surface area (Å²) in [5.74, 6) is 0.134. The first-order chi connectivity index (χ1) is 14.6. The second-order valence-electron chi connectivity index (χ2n) is 7.84. The minimum Gasteiger partial charge on any atom is -0.340 e. The quantitative estimate of drug-likeness (QED) is 0.712. The van der Waals surface area contributed by atoms with Gasteiger partial charge in [0, 0.05) is 37.3 Å². The molecule has 1 aliphatic rings. The molecule has 0 aromatic heterocycles. The minimum absolute atomic E-state index is 0.0222. The zero-order chi connectivity index (χ0) is 20.9. The average Bonchev–Trinajstić information content (AvgIpc) is 2.76. The van der Waals surface area contributed by atoms with Crippen molar-refractivity contribution in [3.63, 3.8) is 0 Å². The van der Waals surface area contributed by atoms with Gasteiger partial charge in [0.15, 0.2) is 0 Å². The number of nitrogens with one attached hydrogen (secondary N) is 1. The molecule has 0 spiro atoms. The van der Waals surface area contributed by atoms with E-state index in [-0.39, 0.29) is 11.8 Å². The van der Waals surface area contributed by atoms with Gasteiger partial charge in [0.1, 0.15) is 0 Å². The zero-order valence-corrected chi connectivity index (χ0v) is 17.3. The number of hydrogen-bond acceptors (Lipinski definition) is 3. The first-order valence-electron chi connectivity index (χ1n) is 10.4. The standard InChI is InChI=1S/C25H27N3O2/c1-19-7-2-3-9-21(19)17-25(30)28-15-13-27(14-16-28)18-24(29)26-23-12-6-10-20-8-4-5-11-22(20)23/h2-12H,13-18H2,1H3,(H,26,29). The highest BCUT2D eigenvalue weighted by atomic mass is 16.2. The Morgan fingerprint density at radius 3 is 2.37 bits per heavy atom. The number of rotatable bonds is 5. The summed E-state index contributed by atoms with van der Waals surface area (Å²) in [5, 5.41) is 5.19. The average molecular weight is 402 g/mol. The third-order valence-electron chi connectivity index (χ3n) is 5.76. The zero-order valence-electron chi connectivity index (χ0n) is 17.3. The molecule has 1 aliphatic heterocycles. The van der Waals surface area contributed by atoms with Gasteiger partial charge in [0.2, 0.25) is 11.8 Å². The van der Waals surface area contributed by atoms with Gasteiger partial charge in [0.05, 0.1) is 13.0 Å². The number of fused-ring (bicyclic) bond motifs is 1. The summed E-state index contributed by atoms with van der Waals surface area (Å²) in [5.41, 5.74) is 3.07. The van der Waals surface area contributed by atoms with Gasteiger partial charge in [-0.3, -0.25) is 14.5 Å². The summed E-state index contributed by atoms with van der Waals surface area (Å²) in [7, 11) is 0. The van der Waals surface area contributed by atoms with Gasteiger partial charge in [-0.2, -0.15) is 0 Å². The van der Waals surface area contributed by atoms with E-state index in [0.717, 1.165) is 27.6 Å². The summed E-state index contributed by atoms with van der Waals surface area (Å²) in [4.78, 5) is 29.2. The Bertz CT molecular complexity index is 1050. The largest absolute Gasteiger partial charge is 0.340 e. The molecule has 0 saturated carbocycles. The molecule has 0 aliphatic carbocycles. The highest BCUT2D eigenvalue weighted by Gasteiger charge is 2.23. The Labute approximate surface area is 177 Å². The SMILES string of the molecule is Cc1ccccc1CC(=O)N1CCN(CC(=O)Nc2cccc3ccccc23)CC1. The van der Waals surface area contributed by atoms with Crippen LogP contribution in [0.4, 0.5) is 5.69 Å².